The Bertz CT molecular complexity index is 308. The number of rotatable bonds is 4. The summed E-state index contributed by atoms with van der Waals surface area (Å²) in [5.41, 5.74) is 0.212. The maximum atomic E-state index is 12.3. The lowest BCUT2D eigenvalue weighted by Crippen LogP contribution is -2.52. The molecule has 0 aromatic rings. The molecule has 0 radical (unpaired) electrons. The third-order valence-corrected chi connectivity index (χ3v) is 4.71. The highest BCUT2D eigenvalue weighted by Crippen LogP contribution is 2.35. The lowest BCUT2D eigenvalue weighted by atomic mass is 9.95. The van der Waals surface area contributed by atoms with Crippen molar-refractivity contribution in [3.05, 3.63) is 0 Å². The van der Waals surface area contributed by atoms with E-state index in [-0.39, 0.29) is 17.5 Å². The molecule has 1 saturated heterocycles. The molecule has 1 atom stereocenters. The average Bonchev–Trinajstić information content (AvgIpc) is 2.88. The smallest absolute Gasteiger partial charge is 0.241 e. The van der Waals surface area contributed by atoms with E-state index in [9.17, 15) is 4.79 Å². The van der Waals surface area contributed by atoms with Crippen LogP contribution >= 0.6 is 0 Å². The second-order valence-electron chi connectivity index (χ2n) is 6.45. The Morgan fingerprint density at radius 1 is 1.39 bits per heavy atom. The van der Waals surface area contributed by atoms with E-state index in [0.717, 1.165) is 13.2 Å². The third kappa shape index (κ3) is 2.41. The second kappa shape index (κ2) is 5.17. The molecule has 1 aliphatic heterocycles. The fourth-order valence-corrected chi connectivity index (χ4v) is 3.36. The number of nitrogens with one attached hydrogen (secondary N) is 1. The molecular weight excluding hydrogens is 226 g/mol. The summed E-state index contributed by atoms with van der Waals surface area (Å²) in [5, 5.41) is 3.34. The minimum absolute atomic E-state index is 0.0191. The van der Waals surface area contributed by atoms with E-state index in [1.807, 2.05) is 4.90 Å². The van der Waals surface area contributed by atoms with Crippen LogP contribution in [0.15, 0.2) is 0 Å². The van der Waals surface area contributed by atoms with Gasteiger partial charge in [0.25, 0.3) is 0 Å². The molecule has 4 nitrogen and oxygen atoms in total. The van der Waals surface area contributed by atoms with Crippen molar-refractivity contribution in [3.8, 4) is 0 Å². The molecule has 0 aromatic heterocycles. The van der Waals surface area contributed by atoms with Crippen LogP contribution in [0.1, 0.15) is 39.5 Å². The summed E-state index contributed by atoms with van der Waals surface area (Å²) in [7, 11) is 4.30. The van der Waals surface area contributed by atoms with Crippen LogP contribution in [0.5, 0.6) is 0 Å². The van der Waals surface area contributed by atoms with Gasteiger partial charge in [-0.2, -0.15) is 0 Å². The van der Waals surface area contributed by atoms with Gasteiger partial charge in [-0.1, -0.05) is 26.7 Å². The number of carbonyl (C=O) groups is 1. The molecule has 1 aliphatic carbocycles. The van der Waals surface area contributed by atoms with Gasteiger partial charge in [-0.15, -0.1) is 0 Å². The third-order valence-electron chi connectivity index (χ3n) is 4.71. The number of nitrogens with zero attached hydrogens (tertiary/aromatic N) is 2. The maximum Gasteiger partial charge on any atom is 0.241 e. The molecule has 1 unspecified atom stereocenters. The topological polar surface area (TPSA) is 35.6 Å². The van der Waals surface area contributed by atoms with Crippen LogP contribution in [-0.2, 0) is 4.79 Å². The van der Waals surface area contributed by atoms with Gasteiger partial charge in [0, 0.05) is 12.1 Å². The monoisotopic (exact) mass is 253 g/mol. The SMILES string of the molecule is CC(C)C1NCN(CC2(N(C)C)CCCC2)C1=O. The zero-order chi connectivity index (χ0) is 13.3. The molecule has 4 heteroatoms. The molecule has 1 saturated carbocycles. The van der Waals surface area contributed by atoms with Crippen LogP contribution in [0.3, 0.4) is 0 Å². The van der Waals surface area contributed by atoms with Crippen LogP contribution in [0.2, 0.25) is 0 Å². The van der Waals surface area contributed by atoms with E-state index < -0.39 is 0 Å². The number of likely N-dealkylation sites (N-methyl/N-ethyl adjacent to an activating group) is 1. The molecule has 1 heterocycles. The van der Waals surface area contributed by atoms with Crippen LogP contribution in [0.25, 0.3) is 0 Å². The molecule has 2 fully saturated rings. The van der Waals surface area contributed by atoms with E-state index in [2.05, 4.69) is 38.2 Å². The van der Waals surface area contributed by atoms with Crippen molar-refractivity contribution in [2.24, 2.45) is 5.92 Å². The van der Waals surface area contributed by atoms with Gasteiger partial charge in [-0.3, -0.25) is 10.1 Å². The van der Waals surface area contributed by atoms with E-state index in [0.29, 0.717) is 5.92 Å². The molecule has 2 aliphatic rings. The first-order chi connectivity index (χ1) is 8.46. The first kappa shape index (κ1) is 13.8. The van der Waals surface area contributed by atoms with Gasteiger partial charge in [-0.05, 0) is 32.9 Å². The molecule has 104 valence electrons. The Morgan fingerprint density at radius 3 is 2.44 bits per heavy atom. The molecule has 0 aromatic carbocycles. The fourth-order valence-electron chi connectivity index (χ4n) is 3.36. The summed E-state index contributed by atoms with van der Waals surface area (Å²) in [6, 6.07) is 0.0191. The number of hydrogen-bond donors (Lipinski definition) is 1. The Morgan fingerprint density at radius 2 is 2.00 bits per heavy atom. The minimum Gasteiger partial charge on any atom is -0.327 e. The van der Waals surface area contributed by atoms with Crippen molar-refractivity contribution in [3.63, 3.8) is 0 Å². The second-order valence-corrected chi connectivity index (χ2v) is 6.45. The Labute approximate surface area is 111 Å². The summed E-state index contributed by atoms with van der Waals surface area (Å²) in [4.78, 5) is 16.7. The lowest BCUT2D eigenvalue weighted by Gasteiger charge is -2.39. The molecule has 18 heavy (non-hydrogen) atoms. The quantitative estimate of drug-likeness (QED) is 0.819. The first-order valence-corrected chi connectivity index (χ1v) is 7.16. The molecule has 1 N–H and O–H groups in total. The van der Waals surface area contributed by atoms with Crippen molar-refractivity contribution in [1.29, 1.82) is 0 Å². The van der Waals surface area contributed by atoms with Crippen molar-refractivity contribution in [2.75, 3.05) is 27.3 Å². The average molecular weight is 253 g/mol. The van der Waals surface area contributed by atoms with Crippen molar-refractivity contribution in [2.45, 2.75) is 51.1 Å². The van der Waals surface area contributed by atoms with Gasteiger partial charge in [-0.25, -0.2) is 0 Å². The predicted octanol–water partition coefficient (Wildman–Crippen LogP) is 1.27. The van der Waals surface area contributed by atoms with Crippen LogP contribution < -0.4 is 5.32 Å². The molecule has 2 rings (SSSR count). The lowest BCUT2D eigenvalue weighted by molar-refractivity contribution is -0.131. The summed E-state index contributed by atoms with van der Waals surface area (Å²) >= 11 is 0. The zero-order valence-electron chi connectivity index (χ0n) is 12.2. The van der Waals surface area contributed by atoms with Gasteiger partial charge in [0.05, 0.1) is 12.7 Å². The minimum atomic E-state index is 0.0191. The van der Waals surface area contributed by atoms with Crippen molar-refractivity contribution in [1.82, 2.24) is 15.1 Å². The van der Waals surface area contributed by atoms with Crippen LogP contribution in [-0.4, -0.2) is 54.6 Å². The predicted molar refractivity (Wildman–Crippen MR) is 73.2 cm³/mol. The van der Waals surface area contributed by atoms with Crippen molar-refractivity contribution >= 4 is 5.91 Å². The Balaban J connectivity index is 2.03. The largest absolute Gasteiger partial charge is 0.327 e. The highest BCUT2D eigenvalue weighted by molar-refractivity contribution is 5.84. The molecule has 0 spiro atoms. The van der Waals surface area contributed by atoms with Gasteiger partial charge < -0.3 is 9.80 Å². The number of carbonyl (C=O) groups excluding carboxylic acids is 1. The normalized spacial score (nSPS) is 27.8. The summed E-state index contributed by atoms with van der Waals surface area (Å²) in [5.74, 6) is 0.666. The van der Waals surface area contributed by atoms with Crippen molar-refractivity contribution < 1.29 is 4.79 Å². The Kier molecular flexibility index (Phi) is 3.97. The van der Waals surface area contributed by atoms with Gasteiger partial charge >= 0.3 is 0 Å². The first-order valence-electron chi connectivity index (χ1n) is 7.16. The fraction of sp³-hybridized carbons (Fsp3) is 0.929. The maximum absolute atomic E-state index is 12.3. The molecular formula is C14H27N3O. The van der Waals surface area contributed by atoms with E-state index >= 15 is 0 Å². The van der Waals surface area contributed by atoms with E-state index in [4.69, 9.17) is 0 Å². The number of amides is 1. The van der Waals surface area contributed by atoms with Crippen LogP contribution in [0.4, 0.5) is 0 Å². The summed E-state index contributed by atoms with van der Waals surface area (Å²) < 4.78 is 0. The van der Waals surface area contributed by atoms with E-state index in [1.54, 1.807) is 0 Å². The van der Waals surface area contributed by atoms with Gasteiger partial charge in [0.15, 0.2) is 0 Å². The summed E-state index contributed by atoms with van der Waals surface area (Å²) in [6.07, 6.45) is 5.02. The standard InChI is InChI=1S/C14H27N3O/c1-11(2)12-13(18)17(10-15-12)9-14(16(3)4)7-5-6-8-14/h11-12,15H,5-10H2,1-4H3. The highest BCUT2D eigenvalue weighted by atomic mass is 16.2. The summed E-state index contributed by atoms with van der Waals surface area (Å²) in [6.45, 7) is 5.82. The van der Waals surface area contributed by atoms with Crippen LogP contribution in [0, 0.1) is 5.92 Å². The molecule has 1 amide bonds. The highest BCUT2D eigenvalue weighted by Gasteiger charge is 2.42. The zero-order valence-corrected chi connectivity index (χ0v) is 12.2. The van der Waals surface area contributed by atoms with Gasteiger partial charge in [0.1, 0.15) is 0 Å². The Hall–Kier alpha value is -0.610. The van der Waals surface area contributed by atoms with Gasteiger partial charge in [0.2, 0.25) is 5.91 Å². The molecule has 0 bridgehead atoms. The number of hydrogen-bond acceptors (Lipinski definition) is 3. The van der Waals surface area contributed by atoms with E-state index in [1.165, 1.54) is 25.7 Å².